The molecule has 0 unspecified atom stereocenters. The first-order chi connectivity index (χ1) is 2.00. The van der Waals surface area contributed by atoms with Gasteiger partial charge in [-0.3, -0.25) is 4.55 Å². The third kappa shape index (κ3) is 110. The Morgan fingerprint density at radius 3 is 1.50 bits per heavy atom. The predicted octanol–water partition coefficient (Wildman–Crippen LogP) is -1.63. The summed E-state index contributed by atoms with van der Waals surface area (Å²) in [6, 6.07) is 0. The van der Waals surface area contributed by atoms with Crippen molar-refractivity contribution in [3.05, 3.63) is 0 Å². The van der Waals surface area contributed by atoms with Crippen LogP contribution in [0, 0.1) is 0 Å². The molecular weight excluding hydrogens is 301 g/mol. The summed E-state index contributed by atoms with van der Waals surface area (Å²) in [6.07, 6.45) is 0. The van der Waals surface area contributed by atoms with Gasteiger partial charge in [-0.25, -0.2) is 5.14 Å². The van der Waals surface area contributed by atoms with Gasteiger partial charge in [0, 0.05) is 27.3 Å². The van der Waals surface area contributed by atoms with Gasteiger partial charge in [-0.1, -0.05) is 0 Å². The molecule has 0 saturated carbocycles. The van der Waals surface area contributed by atoms with Gasteiger partial charge in [0.25, 0.3) is 0 Å². The molecule has 6 heteroatoms. The van der Waals surface area contributed by atoms with Gasteiger partial charge in [-0.2, -0.15) is 8.42 Å². The van der Waals surface area contributed by atoms with E-state index in [1.807, 2.05) is 0 Å². The van der Waals surface area contributed by atoms with E-state index in [1.54, 1.807) is 0 Å². The number of nitrogens with two attached hydrogens (primary N) is 1. The van der Waals surface area contributed by atoms with E-state index >= 15 is 0 Å². The smallest absolute Gasteiger partial charge is 0.274 e. The average molecular weight is 304 g/mol. The van der Waals surface area contributed by atoms with Gasteiger partial charge in [-0.15, -0.1) is 0 Å². The summed E-state index contributed by atoms with van der Waals surface area (Å²) in [5.74, 6) is 0. The first-order valence-electron chi connectivity index (χ1n) is 0.752. The van der Waals surface area contributed by atoms with Gasteiger partial charge in [0.05, 0.1) is 0 Å². The molecule has 0 atom stereocenters. The van der Waals surface area contributed by atoms with E-state index in [2.05, 4.69) is 5.14 Å². The zero-order valence-corrected chi connectivity index (χ0v) is 7.45. The number of hydrogen-bond donors (Lipinski definition) is 2. The van der Waals surface area contributed by atoms with Gasteiger partial charge < -0.3 is 0 Å². The minimum atomic E-state index is -4.17. The second kappa shape index (κ2) is 2.88. The van der Waals surface area contributed by atoms with Crippen LogP contribution >= 0.6 is 0 Å². The van der Waals surface area contributed by atoms with Crippen molar-refractivity contribution in [1.29, 1.82) is 0 Å². The van der Waals surface area contributed by atoms with Crippen molar-refractivity contribution in [2.45, 2.75) is 0 Å². The standard InChI is InChI=1S/H3NO3S.Pb/c1-5(2,3)4;/h(H3,1,2,3,4);. The normalized spacial score (nSPS) is 9.67. The molecule has 0 spiro atoms. The van der Waals surface area contributed by atoms with E-state index in [0.29, 0.717) is 0 Å². The minimum absolute atomic E-state index is 0. The number of hydrogen-bond acceptors (Lipinski definition) is 2. The van der Waals surface area contributed by atoms with Crippen molar-refractivity contribution in [2.24, 2.45) is 5.14 Å². The molecule has 36 valence electrons. The van der Waals surface area contributed by atoms with Crippen molar-refractivity contribution in [2.75, 3.05) is 0 Å². The van der Waals surface area contributed by atoms with E-state index in [4.69, 9.17) is 13.0 Å². The fourth-order valence-electron chi connectivity index (χ4n) is 0. The predicted molar refractivity (Wildman–Crippen MR) is 21.5 cm³/mol. The molecule has 6 heavy (non-hydrogen) atoms. The first kappa shape index (κ1) is 9.92. The second-order valence-electron chi connectivity index (χ2n) is 0.515. The molecule has 0 saturated heterocycles. The summed E-state index contributed by atoms with van der Waals surface area (Å²) in [7, 11) is -4.17. The molecule has 0 aromatic carbocycles. The van der Waals surface area contributed by atoms with Crippen LogP contribution in [0.2, 0.25) is 0 Å². The van der Waals surface area contributed by atoms with Crippen LogP contribution in [-0.4, -0.2) is 40.3 Å². The van der Waals surface area contributed by atoms with E-state index in [9.17, 15) is 0 Å². The molecule has 4 nitrogen and oxygen atoms in total. The molecule has 0 aromatic rings. The quantitative estimate of drug-likeness (QED) is 0.416. The van der Waals surface area contributed by atoms with Crippen molar-refractivity contribution in [3.8, 4) is 0 Å². The molecule has 0 aliphatic heterocycles. The van der Waals surface area contributed by atoms with Gasteiger partial charge >= 0.3 is 10.3 Å². The third-order valence-electron chi connectivity index (χ3n) is 0. The zero-order valence-electron chi connectivity index (χ0n) is 2.75. The summed E-state index contributed by atoms with van der Waals surface area (Å²) >= 11 is 0. The van der Waals surface area contributed by atoms with Crippen molar-refractivity contribution < 1.29 is 13.0 Å². The van der Waals surface area contributed by atoms with Crippen molar-refractivity contribution >= 4 is 37.6 Å². The summed E-state index contributed by atoms with van der Waals surface area (Å²) < 4.78 is 25.2. The number of rotatable bonds is 0. The van der Waals surface area contributed by atoms with Gasteiger partial charge in [0.15, 0.2) is 0 Å². The van der Waals surface area contributed by atoms with Gasteiger partial charge in [0.2, 0.25) is 0 Å². The molecule has 0 bridgehead atoms. The molecule has 0 aliphatic rings. The van der Waals surface area contributed by atoms with E-state index < -0.39 is 10.3 Å². The van der Waals surface area contributed by atoms with E-state index in [1.165, 1.54) is 0 Å². The SMILES string of the molecule is NS(=O)(=O)O.[Pb]. The maximum absolute atomic E-state index is 8.97. The van der Waals surface area contributed by atoms with Crippen LogP contribution in [0.3, 0.4) is 0 Å². The van der Waals surface area contributed by atoms with E-state index in [0.717, 1.165) is 0 Å². The van der Waals surface area contributed by atoms with E-state index in [-0.39, 0.29) is 27.3 Å². The first-order valence-corrected chi connectivity index (χ1v) is 2.25. The maximum atomic E-state index is 8.97. The molecule has 4 radical (unpaired) electrons. The second-order valence-corrected chi connectivity index (χ2v) is 1.54. The minimum Gasteiger partial charge on any atom is -0.274 e. The summed E-state index contributed by atoms with van der Waals surface area (Å²) in [5, 5.41) is 3.88. The Labute approximate surface area is 55.8 Å². The summed E-state index contributed by atoms with van der Waals surface area (Å²) in [6.45, 7) is 0. The topological polar surface area (TPSA) is 80.4 Å². The molecule has 3 N–H and O–H groups in total. The van der Waals surface area contributed by atoms with Crippen LogP contribution in [0.15, 0.2) is 0 Å². The molecular formula is H3NO3PbS. The van der Waals surface area contributed by atoms with Crippen molar-refractivity contribution in [3.63, 3.8) is 0 Å². The van der Waals surface area contributed by atoms with Crippen LogP contribution in [0.25, 0.3) is 0 Å². The van der Waals surface area contributed by atoms with Crippen LogP contribution in [0.1, 0.15) is 0 Å². The summed E-state index contributed by atoms with van der Waals surface area (Å²) in [4.78, 5) is 0. The molecule has 0 heterocycles. The summed E-state index contributed by atoms with van der Waals surface area (Å²) in [5.41, 5.74) is 0. The van der Waals surface area contributed by atoms with Gasteiger partial charge in [0.1, 0.15) is 0 Å². The Bertz CT molecular complexity index is 94.0. The Morgan fingerprint density at radius 2 is 1.50 bits per heavy atom. The molecule has 0 aromatic heterocycles. The fraction of sp³-hybridized carbons (Fsp3) is 0. The average Bonchev–Trinajstić information content (AvgIpc) is 0.722. The Balaban J connectivity index is 0. The maximum Gasteiger partial charge on any atom is 0.330 e. The molecule has 0 aliphatic carbocycles. The monoisotopic (exact) mass is 305 g/mol. The molecule has 0 amide bonds. The van der Waals surface area contributed by atoms with Crippen LogP contribution in [-0.2, 0) is 10.3 Å². The Morgan fingerprint density at radius 1 is 1.50 bits per heavy atom. The van der Waals surface area contributed by atoms with Crippen LogP contribution in [0.5, 0.6) is 0 Å². The fourth-order valence-corrected chi connectivity index (χ4v) is 0. The molecule has 0 rings (SSSR count). The molecule has 0 fully saturated rings. The van der Waals surface area contributed by atoms with Crippen LogP contribution < -0.4 is 5.14 Å². The largest absolute Gasteiger partial charge is 0.330 e. The Kier molecular flexibility index (Phi) is 4.77. The van der Waals surface area contributed by atoms with Gasteiger partial charge in [-0.05, 0) is 0 Å². The van der Waals surface area contributed by atoms with Crippen LogP contribution in [0.4, 0.5) is 0 Å². The van der Waals surface area contributed by atoms with Crippen molar-refractivity contribution in [1.82, 2.24) is 0 Å². The zero-order chi connectivity index (χ0) is 4.50. The third-order valence-corrected chi connectivity index (χ3v) is 0. The Hall–Kier alpha value is 0.792.